The van der Waals surface area contributed by atoms with E-state index in [0.29, 0.717) is 0 Å². The van der Waals surface area contributed by atoms with Crippen LogP contribution in [0.15, 0.2) is 114 Å². The topological polar surface area (TPSA) is 86.7 Å². The maximum absolute atomic E-state index is 12.7. The van der Waals surface area contributed by atoms with Gasteiger partial charge in [0.1, 0.15) is 17.4 Å². The maximum atomic E-state index is 12.7. The van der Waals surface area contributed by atoms with E-state index in [9.17, 15) is 38.8 Å². The van der Waals surface area contributed by atoms with Crippen LogP contribution in [0.5, 0.6) is 5.75 Å². The highest BCUT2D eigenvalue weighted by Crippen LogP contribution is 2.26. The van der Waals surface area contributed by atoms with E-state index in [2.05, 4.69) is 22.1 Å². The lowest BCUT2D eigenvalue weighted by molar-refractivity contribution is -0.0500. The third-order valence-corrected chi connectivity index (χ3v) is 6.44. The highest BCUT2D eigenvalue weighted by atomic mass is 32.2. The molecule has 0 radical (unpaired) electrons. The van der Waals surface area contributed by atoms with Gasteiger partial charge in [-0.3, -0.25) is 0 Å². The van der Waals surface area contributed by atoms with Crippen molar-refractivity contribution in [3.63, 3.8) is 0 Å². The van der Waals surface area contributed by atoms with Gasteiger partial charge in [0.25, 0.3) is 0 Å². The molecule has 3 rings (SSSR count). The zero-order valence-corrected chi connectivity index (χ0v) is 19.9. The van der Waals surface area contributed by atoms with E-state index in [4.69, 9.17) is 0 Å². The fourth-order valence-corrected chi connectivity index (χ4v) is 3.80. The Morgan fingerprint density at radius 3 is 1.36 bits per heavy atom. The number of hydrogen-bond donors (Lipinski definition) is 0. The highest BCUT2D eigenvalue weighted by molar-refractivity contribution is 7.91. The molecule has 0 N–H and O–H groups in total. The van der Waals surface area contributed by atoms with Crippen molar-refractivity contribution in [2.75, 3.05) is 0 Å². The van der Waals surface area contributed by atoms with Crippen molar-refractivity contribution in [3.8, 4) is 5.75 Å². The van der Waals surface area contributed by atoms with Gasteiger partial charge in [-0.05, 0) is 60.7 Å². The van der Waals surface area contributed by atoms with Gasteiger partial charge >= 0.3 is 15.6 Å². The van der Waals surface area contributed by atoms with E-state index < -0.39 is 37.1 Å². The summed E-state index contributed by atoms with van der Waals surface area (Å²) in [4.78, 5) is -0.0454. The number of sulfone groups is 1. The summed E-state index contributed by atoms with van der Waals surface area (Å²) in [7, 11) is -9.26. The maximum Gasteiger partial charge on any atom is 0.534 e. The van der Waals surface area contributed by atoms with E-state index in [-0.39, 0.29) is 15.5 Å². The van der Waals surface area contributed by atoms with E-state index >= 15 is 0 Å². The second-order valence-corrected chi connectivity index (χ2v) is 9.66. The molecule has 0 aliphatic rings. The van der Waals surface area contributed by atoms with Gasteiger partial charge in [-0.2, -0.15) is 21.6 Å². The normalized spacial score (nSPS) is 11.0. The Kier molecular flexibility index (Phi) is 11.3. The van der Waals surface area contributed by atoms with Gasteiger partial charge in [-0.25, -0.2) is 17.2 Å². The van der Waals surface area contributed by atoms with Gasteiger partial charge < -0.3 is 8.92 Å². The van der Waals surface area contributed by atoms with Gasteiger partial charge in [-0.1, -0.05) is 31.4 Å². The second kappa shape index (κ2) is 13.4. The summed E-state index contributed by atoms with van der Waals surface area (Å²) in [5, 5.41) is 0. The standard InChI is InChI=1S/C12H8F2O2S.C7H5F3O3S.C4H6O/c13-9-1-5-11(6-2-9)17(15,16)12-7-3-10(14)4-8-12;8-7(9,10)14(11,12)13-6-4-2-1-3-5-6;1-3-5-4-2/h1-8H;1-5H;3-4H,1-2H2. The third kappa shape index (κ3) is 9.50. The molecule has 6 nitrogen and oxygen atoms in total. The van der Waals surface area contributed by atoms with Crippen LogP contribution in [0.1, 0.15) is 0 Å². The van der Waals surface area contributed by atoms with Gasteiger partial charge in [-0.15, -0.1) is 0 Å². The van der Waals surface area contributed by atoms with Crippen LogP contribution < -0.4 is 4.18 Å². The first kappa shape index (κ1) is 30.3. The first-order valence-electron chi connectivity index (χ1n) is 9.44. The molecule has 194 valence electrons. The zero-order chi connectivity index (χ0) is 27.4. The SMILES string of the molecule is C=COC=C.O=S(=O)(Oc1ccccc1)C(F)(F)F.O=S(=O)(c1ccc(F)cc1)c1ccc(F)cc1. The summed E-state index contributed by atoms with van der Waals surface area (Å²) in [6, 6.07) is 15.4. The number of alkyl halides is 3. The summed E-state index contributed by atoms with van der Waals surface area (Å²) in [5.41, 5.74) is -5.40. The summed E-state index contributed by atoms with van der Waals surface area (Å²) in [6.45, 7) is 6.51. The van der Waals surface area contributed by atoms with Crippen LogP contribution in [0.2, 0.25) is 0 Å². The first-order valence-corrected chi connectivity index (χ1v) is 12.3. The van der Waals surface area contributed by atoms with Crippen LogP contribution in [0.4, 0.5) is 22.0 Å². The number of hydrogen-bond acceptors (Lipinski definition) is 6. The van der Waals surface area contributed by atoms with Crippen LogP contribution >= 0.6 is 0 Å². The predicted molar refractivity (Wildman–Crippen MR) is 122 cm³/mol. The molecule has 0 saturated carbocycles. The Morgan fingerprint density at radius 1 is 0.667 bits per heavy atom. The average molecular weight is 551 g/mol. The number of halogens is 5. The van der Waals surface area contributed by atoms with Gasteiger partial charge in [0.2, 0.25) is 9.84 Å². The Balaban J connectivity index is 0.000000308. The zero-order valence-electron chi connectivity index (χ0n) is 18.2. The lowest BCUT2D eigenvalue weighted by atomic mass is 10.3. The van der Waals surface area contributed by atoms with Crippen LogP contribution in [-0.4, -0.2) is 22.3 Å². The Bertz CT molecular complexity index is 1260. The summed E-state index contributed by atoms with van der Waals surface area (Å²) in [5.74, 6) is -1.39. The number of para-hydroxylation sites is 1. The van der Waals surface area contributed by atoms with Gasteiger partial charge in [0, 0.05) is 0 Å². The summed E-state index contributed by atoms with van der Waals surface area (Å²) >= 11 is 0. The molecule has 0 aliphatic carbocycles. The Hall–Kier alpha value is -3.71. The fourth-order valence-electron chi connectivity index (χ4n) is 2.08. The molecule has 0 bridgehead atoms. The molecule has 0 saturated heterocycles. The molecule has 0 atom stereocenters. The smallest absolute Gasteiger partial charge is 0.474 e. The number of benzene rings is 3. The van der Waals surface area contributed by atoms with Crippen molar-refractivity contribution in [2.45, 2.75) is 15.3 Å². The van der Waals surface area contributed by atoms with Crippen LogP contribution in [0.3, 0.4) is 0 Å². The van der Waals surface area contributed by atoms with Crippen molar-refractivity contribution >= 4 is 20.0 Å². The fraction of sp³-hybridized carbons (Fsp3) is 0.0435. The Morgan fingerprint density at radius 2 is 1.06 bits per heavy atom. The number of ether oxygens (including phenoxy) is 1. The van der Waals surface area contributed by atoms with E-state index in [0.717, 1.165) is 36.4 Å². The minimum Gasteiger partial charge on any atom is -0.474 e. The molecular weight excluding hydrogens is 531 g/mol. The lowest BCUT2D eigenvalue weighted by Gasteiger charge is -2.08. The minimum atomic E-state index is -5.55. The molecular formula is C23H19F5O6S2. The second-order valence-electron chi connectivity index (χ2n) is 6.18. The molecule has 36 heavy (non-hydrogen) atoms. The van der Waals surface area contributed by atoms with Crippen molar-refractivity contribution in [2.24, 2.45) is 0 Å². The van der Waals surface area contributed by atoms with Crippen molar-refractivity contribution in [3.05, 3.63) is 116 Å². The summed E-state index contributed by atoms with van der Waals surface area (Å²) < 4.78 is 114. The number of rotatable bonds is 6. The molecule has 0 aromatic heterocycles. The van der Waals surface area contributed by atoms with Crippen LogP contribution in [0, 0.1) is 11.6 Å². The molecule has 0 aliphatic heterocycles. The van der Waals surface area contributed by atoms with Crippen molar-refractivity contribution in [1.29, 1.82) is 0 Å². The third-order valence-electron chi connectivity index (χ3n) is 3.67. The molecule has 0 amide bonds. The molecule has 3 aromatic rings. The molecule has 3 aromatic carbocycles. The molecule has 0 heterocycles. The van der Waals surface area contributed by atoms with Crippen molar-refractivity contribution in [1.82, 2.24) is 0 Å². The van der Waals surface area contributed by atoms with Crippen LogP contribution in [-0.2, 0) is 24.7 Å². The highest BCUT2D eigenvalue weighted by Gasteiger charge is 2.48. The Labute approximate surface area is 205 Å². The first-order chi connectivity index (χ1) is 16.7. The van der Waals surface area contributed by atoms with Gasteiger partial charge in [0.05, 0.1) is 22.3 Å². The lowest BCUT2D eigenvalue weighted by Crippen LogP contribution is -2.27. The van der Waals surface area contributed by atoms with Crippen LogP contribution in [0.25, 0.3) is 0 Å². The quantitative estimate of drug-likeness (QED) is 0.123. The average Bonchev–Trinajstić information content (AvgIpc) is 2.81. The largest absolute Gasteiger partial charge is 0.534 e. The summed E-state index contributed by atoms with van der Waals surface area (Å²) in [6.07, 6.45) is 2.62. The molecule has 13 heteroatoms. The van der Waals surface area contributed by atoms with Gasteiger partial charge in [0.15, 0.2) is 0 Å². The predicted octanol–water partition coefficient (Wildman–Crippen LogP) is 6.00. The molecule has 0 unspecified atom stereocenters. The van der Waals surface area contributed by atoms with E-state index in [1.54, 1.807) is 0 Å². The monoisotopic (exact) mass is 550 g/mol. The minimum absolute atomic E-state index is 0.0227. The molecule has 0 fully saturated rings. The molecule has 0 spiro atoms. The van der Waals surface area contributed by atoms with E-state index in [1.807, 2.05) is 0 Å². The van der Waals surface area contributed by atoms with Crippen molar-refractivity contribution < 1.29 is 47.7 Å². The van der Waals surface area contributed by atoms with E-state index in [1.165, 1.54) is 55.0 Å².